The summed E-state index contributed by atoms with van der Waals surface area (Å²) in [4.78, 5) is 94.6. The molecule has 1 aliphatic rings. The zero-order valence-electron chi connectivity index (χ0n) is 35.2. The molecule has 1 saturated heterocycles. The third kappa shape index (κ3) is 15.9. The Hall–Kier alpha value is -4.05. The first-order valence-electron chi connectivity index (χ1n) is 19.5. The van der Waals surface area contributed by atoms with Crippen molar-refractivity contribution in [2.24, 2.45) is 29.6 Å². The lowest BCUT2D eigenvalue weighted by molar-refractivity contribution is -0.145. The lowest BCUT2D eigenvalue weighted by Gasteiger charge is -2.31. The molecule has 0 radical (unpaired) electrons. The van der Waals surface area contributed by atoms with E-state index in [0.29, 0.717) is 6.42 Å². The highest BCUT2D eigenvalue weighted by molar-refractivity contribution is 5.95. The van der Waals surface area contributed by atoms with Crippen molar-refractivity contribution in [2.45, 2.75) is 137 Å². The van der Waals surface area contributed by atoms with Gasteiger partial charge in [0.1, 0.15) is 30.4 Å². The largest absolute Gasteiger partial charge is 0.469 e. The Kier molecular flexibility index (Phi) is 20.6. The van der Waals surface area contributed by atoms with Crippen LogP contribution in [0, 0.1) is 29.6 Å². The smallest absolute Gasteiger partial charge is 0.310 e. The molecular weight excluding hydrogens is 710 g/mol. The molecule has 1 aliphatic heterocycles. The van der Waals surface area contributed by atoms with Crippen molar-refractivity contribution in [1.29, 1.82) is 0 Å². The van der Waals surface area contributed by atoms with Crippen LogP contribution >= 0.6 is 0 Å². The Morgan fingerprint density at radius 1 is 0.782 bits per heavy atom. The van der Waals surface area contributed by atoms with Crippen molar-refractivity contribution in [3.63, 3.8) is 0 Å². The Morgan fingerprint density at radius 3 is 1.78 bits per heavy atom. The highest BCUT2D eigenvalue weighted by Gasteiger charge is 2.40. The number of nitrogens with zero attached hydrogens (tertiary/aromatic N) is 2. The number of aliphatic hydroxyl groups is 1. The summed E-state index contributed by atoms with van der Waals surface area (Å²) in [6.45, 7) is 18.3. The summed E-state index contributed by atoms with van der Waals surface area (Å²) in [6.07, 6.45) is 2.88. The average molecular weight is 780 g/mol. The number of likely N-dealkylation sites (N-methyl/N-ethyl adjacent to an activating group) is 1. The van der Waals surface area contributed by atoms with Gasteiger partial charge < -0.3 is 41.3 Å². The van der Waals surface area contributed by atoms with E-state index in [1.807, 2.05) is 60.5 Å². The third-order valence-corrected chi connectivity index (χ3v) is 9.66. The van der Waals surface area contributed by atoms with Gasteiger partial charge in [0.2, 0.25) is 35.4 Å². The number of aliphatic hydroxyl groups excluding tert-OH is 1. The number of likely N-dealkylation sites (tertiary alicyclic amines) is 1. The maximum absolute atomic E-state index is 13.7. The van der Waals surface area contributed by atoms with Crippen molar-refractivity contribution in [3.05, 3.63) is 12.2 Å². The molecule has 6 amide bonds. The minimum atomic E-state index is -1.18. The van der Waals surface area contributed by atoms with E-state index >= 15 is 0 Å². The Labute approximate surface area is 327 Å². The molecule has 6 N–H and O–H groups in total. The molecule has 16 heteroatoms. The first-order valence-corrected chi connectivity index (χ1v) is 19.5. The molecule has 0 spiro atoms. The number of hydrogen-bond acceptors (Lipinski definition) is 10. The van der Waals surface area contributed by atoms with E-state index in [9.17, 15) is 38.7 Å². The monoisotopic (exact) mass is 780 g/mol. The number of methoxy groups -OCH3 is 1. The Balaban J connectivity index is 2.98. The number of rotatable bonds is 21. The van der Waals surface area contributed by atoms with Gasteiger partial charge in [-0.15, -0.1) is 0 Å². The molecule has 0 aliphatic carbocycles. The fourth-order valence-corrected chi connectivity index (χ4v) is 6.50. The van der Waals surface area contributed by atoms with Gasteiger partial charge in [-0.3, -0.25) is 38.5 Å². The van der Waals surface area contributed by atoms with Gasteiger partial charge in [-0.2, -0.15) is 0 Å². The van der Waals surface area contributed by atoms with Gasteiger partial charge in [0.15, 0.2) is 0 Å². The van der Waals surface area contributed by atoms with Crippen LogP contribution in [-0.4, -0.2) is 127 Å². The number of esters is 1. The minimum Gasteiger partial charge on any atom is -0.469 e. The average Bonchev–Trinajstić information content (AvgIpc) is 3.48. The standard InChI is InChI=1S/C39H69N7O9/c1-14-24(8)33(45(11)12)37(52)43-28(17-21(2)3)34(49)42-29(18-22(4)5)35(50)44-32(23(6)7)36(51)40-25(9)15-16-30(47)41-26(10)38(53)46-20-27(19-31(46)48)39(54)55-13/h15-16,21-29,31-33,48H,14,17-20H2,1-13H3,(H,40,51)(H,41,47)(H,42,49)(H,43,52)(H,44,50)/b16-15+/t24-,25+,26+,27-,28+,29+,31+,32+,33+/m1/s1. The van der Waals surface area contributed by atoms with E-state index in [-0.39, 0.29) is 49.0 Å². The Morgan fingerprint density at radius 2 is 1.31 bits per heavy atom. The molecule has 16 nitrogen and oxygen atoms in total. The molecule has 9 atom stereocenters. The van der Waals surface area contributed by atoms with Crippen LogP contribution in [0.4, 0.5) is 0 Å². The van der Waals surface area contributed by atoms with E-state index in [0.717, 1.165) is 11.3 Å². The lowest BCUT2D eigenvalue weighted by atomic mass is 9.95. The summed E-state index contributed by atoms with van der Waals surface area (Å²) in [6, 6.07) is -4.94. The highest BCUT2D eigenvalue weighted by Crippen LogP contribution is 2.23. The molecular formula is C39H69N7O9. The van der Waals surface area contributed by atoms with Gasteiger partial charge >= 0.3 is 5.97 Å². The minimum absolute atomic E-state index is 0.00977. The van der Waals surface area contributed by atoms with Gasteiger partial charge in [-0.05, 0) is 64.5 Å². The topological polar surface area (TPSA) is 216 Å². The fraction of sp³-hybridized carbons (Fsp3) is 0.769. The van der Waals surface area contributed by atoms with Crippen molar-refractivity contribution in [3.8, 4) is 0 Å². The van der Waals surface area contributed by atoms with E-state index in [1.54, 1.807) is 20.8 Å². The second kappa shape index (κ2) is 23.1. The maximum atomic E-state index is 13.7. The molecule has 314 valence electrons. The number of amides is 6. The van der Waals surface area contributed by atoms with Crippen LogP contribution < -0.4 is 26.6 Å². The van der Waals surface area contributed by atoms with Crippen LogP contribution in [0.25, 0.3) is 0 Å². The molecule has 1 fully saturated rings. The number of nitrogens with one attached hydrogen (secondary N) is 5. The summed E-state index contributed by atoms with van der Waals surface area (Å²) in [5, 5.41) is 24.2. The van der Waals surface area contributed by atoms with Gasteiger partial charge in [0, 0.05) is 25.1 Å². The van der Waals surface area contributed by atoms with Crippen LogP contribution in [0.3, 0.4) is 0 Å². The van der Waals surface area contributed by atoms with Crippen LogP contribution in [0.5, 0.6) is 0 Å². The molecule has 55 heavy (non-hydrogen) atoms. The summed E-state index contributed by atoms with van der Waals surface area (Å²) < 4.78 is 4.70. The molecule has 1 rings (SSSR count). The molecule has 0 saturated carbocycles. The van der Waals surface area contributed by atoms with Crippen LogP contribution in [0.1, 0.15) is 94.9 Å². The van der Waals surface area contributed by atoms with Gasteiger partial charge in [0.05, 0.1) is 19.1 Å². The maximum Gasteiger partial charge on any atom is 0.310 e. The predicted molar refractivity (Wildman–Crippen MR) is 209 cm³/mol. The molecule has 0 aromatic rings. The number of hydrogen-bond donors (Lipinski definition) is 6. The van der Waals surface area contributed by atoms with E-state index in [4.69, 9.17) is 4.74 Å². The SMILES string of the molecule is CC[C@@H](C)[C@@H](C(=O)N[C@@H](CC(C)C)C(=O)N[C@@H](CC(C)C)C(=O)N[C@H](C(=O)N[C@@H](C)/C=C/C(=O)N[C@@H](C)C(=O)N1C[C@H](C(=O)OC)C[C@@H]1O)C(C)C)N(C)C. The number of carbonyl (C=O) groups is 7. The van der Waals surface area contributed by atoms with Crippen molar-refractivity contribution in [2.75, 3.05) is 27.7 Å². The molecule has 0 bridgehead atoms. The number of ether oxygens (including phenoxy) is 1. The highest BCUT2D eigenvalue weighted by atomic mass is 16.5. The van der Waals surface area contributed by atoms with Gasteiger partial charge in [-0.1, -0.05) is 67.9 Å². The summed E-state index contributed by atoms with van der Waals surface area (Å²) in [7, 11) is 4.88. The molecule has 0 aromatic carbocycles. The summed E-state index contributed by atoms with van der Waals surface area (Å²) in [5.74, 6) is -4.39. The zero-order chi connectivity index (χ0) is 42.3. The zero-order valence-corrected chi connectivity index (χ0v) is 35.2. The van der Waals surface area contributed by atoms with Crippen LogP contribution in [0.2, 0.25) is 0 Å². The third-order valence-electron chi connectivity index (χ3n) is 9.66. The van der Waals surface area contributed by atoms with Crippen LogP contribution in [-0.2, 0) is 38.3 Å². The van der Waals surface area contributed by atoms with E-state index < -0.39 is 83.9 Å². The quantitative estimate of drug-likeness (QED) is 0.0720. The van der Waals surface area contributed by atoms with E-state index in [1.165, 1.54) is 26.2 Å². The summed E-state index contributed by atoms with van der Waals surface area (Å²) >= 11 is 0. The summed E-state index contributed by atoms with van der Waals surface area (Å²) in [5.41, 5.74) is 0. The molecule has 0 aromatic heterocycles. The van der Waals surface area contributed by atoms with Crippen molar-refractivity contribution in [1.82, 2.24) is 36.4 Å². The lowest BCUT2D eigenvalue weighted by Crippen LogP contribution is -2.59. The second-order valence-corrected chi connectivity index (χ2v) is 16.2. The first-order chi connectivity index (χ1) is 25.5. The first kappa shape index (κ1) is 49.0. The fourth-order valence-electron chi connectivity index (χ4n) is 6.50. The molecule has 0 unspecified atom stereocenters. The molecule has 1 heterocycles. The van der Waals surface area contributed by atoms with E-state index in [2.05, 4.69) is 26.6 Å². The van der Waals surface area contributed by atoms with Gasteiger partial charge in [0.25, 0.3) is 0 Å². The van der Waals surface area contributed by atoms with Crippen LogP contribution in [0.15, 0.2) is 12.2 Å². The van der Waals surface area contributed by atoms with Crippen molar-refractivity contribution >= 4 is 41.4 Å². The normalized spacial score (nSPS) is 19.7. The predicted octanol–water partition coefficient (Wildman–Crippen LogP) is 1.07. The van der Waals surface area contributed by atoms with Gasteiger partial charge in [-0.25, -0.2) is 0 Å². The number of carbonyl (C=O) groups excluding carboxylic acids is 7. The Bertz CT molecular complexity index is 1350. The second-order valence-electron chi connectivity index (χ2n) is 16.2. The van der Waals surface area contributed by atoms with Crippen molar-refractivity contribution < 1.29 is 43.4 Å².